The van der Waals surface area contributed by atoms with E-state index in [1.807, 2.05) is 19.9 Å². The normalized spacial score (nSPS) is 21.0. The molecule has 1 aromatic heterocycles. The third-order valence-electron chi connectivity index (χ3n) is 12.1. The number of hydrogen-bond acceptors (Lipinski definition) is 9. The number of likely N-dealkylation sites (tertiary alicyclic amines) is 1. The Morgan fingerprint density at radius 3 is 2.33 bits per heavy atom. The van der Waals surface area contributed by atoms with Gasteiger partial charge < -0.3 is 19.2 Å². The molecule has 5 aliphatic rings. The Balaban J connectivity index is 0.881. The summed E-state index contributed by atoms with van der Waals surface area (Å²) in [4.78, 5) is 62.8. The standard InChI is InChI=1S/C42H41N7O5/c1-24-5-6-28(38-25(2)45-54-26(38)3)17-36(24)48(30-9-7-29(8-10-30)42(43-4)15-16-42)21-27-19-46(20-27)32-22-47(23-32)31-11-12-33-34(18-31)41(53)49(40(33)52)35-13-14-37(50)44-39(35)51/h5-12,17-18,27,32,35H,13-16,19-23H2,1-3H3,(H,44,50,51). The average Bonchev–Trinajstić information content (AvgIpc) is 3.81. The number of imide groups is 2. The van der Waals surface area contributed by atoms with Crippen molar-refractivity contribution in [3.05, 3.63) is 106 Å². The van der Waals surface area contributed by atoms with E-state index >= 15 is 0 Å². The number of nitrogens with one attached hydrogen (secondary N) is 1. The zero-order valence-electron chi connectivity index (χ0n) is 30.6. The topological polar surface area (TPSA) is 124 Å². The summed E-state index contributed by atoms with van der Waals surface area (Å²) < 4.78 is 5.52. The minimum Gasteiger partial charge on any atom is -0.368 e. The van der Waals surface area contributed by atoms with Crippen molar-refractivity contribution in [2.75, 3.05) is 42.5 Å². The number of aromatic nitrogens is 1. The van der Waals surface area contributed by atoms with Crippen molar-refractivity contribution in [2.24, 2.45) is 5.92 Å². The number of hydrogen-bond donors (Lipinski definition) is 1. The molecule has 0 bridgehead atoms. The summed E-state index contributed by atoms with van der Waals surface area (Å²) in [6.45, 7) is 18.2. The van der Waals surface area contributed by atoms with Crippen LogP contribution in [0.3, 0.4) is 0 Å². The molecular formula is C42H41N7O5. The molecule has 0 spiro atoms. The fourth-order valence-electron chi connectivity index (χ4n) is 8.66. The largest absolute Gasteiger partial charge is 0.368 e. The van der Waals surface area contributed by atoms with Crippen molar-refractivity contribution >= 4 is 40.7 Å². The molecule has 9 rings (SSSR count). The third kappa shape index (κ3) is 5.57. The summed E-state index contributed by atoms with van der Waals surface area (Å²) in [5, 5.41) is 6.45. The van der Waals surface area contributed by atoms with Gasteiger partial charge in [0.05, 0.1) is 16.8 Å². The van der Waals surface area contributed by atoms with Crippen molar-refractivity contribution in [1.82, 2.24) is 20.3 Å². The van der Waals surface area contributed by atoms with Gasteiger partial charge in [0.2, 0.25) is 11.8 Å². The van der Waals surface area contributed by atoms with Crippen molar-refractivity contribution in [2.45, 2.75) is 64.1 Å². The number of carbonyl (C=O) groups is 4. The van der Waals surface area contributed by atoms with Crippen LogP contribution in [0, 0.1) is 33.3 Å². The van der Waals surface area contributed by atoms with Crippen LogP contribution in [0.25, 0.3) is 16.0 Å². The van der Waals surface area contributed by atoms with Crippen LogP contribution in [0.15, 0.2) is 65.2 Å². The van der Waals surface area contributed by atoms with Crippen molar-refractivity contribution < 1.29 is 23.7 Å². The second-order valence-corrected chi connectivity index (χ2v) is 15.6. The molecule has 274 valence electrons. The molecule has 3 aromatic carbocycles. The predicted octanol–water partition coefficient (Wildman–Crippen LogP) is 5.54. The Bertz CT molecular complexity index is 2250. The smallest absolute Gasteiger partial charge is 0.262 e. The van der Waals surface area contributed by atoms with Crippen molar-refractivity contribution in [3.8, 4) is 11.1 Å². The second kappa shape index (κ2) is 12.7. The highest BCUT2D eigenvalue weighted by Gasteiger charge is 2.52. The lowest BCUT2D eigenvalue weighted by Gasteiger charge is -2.53. The first-order valence-electron chi connectivity index (χ1n) is 18.7. The quantitative estimate of drug-likeness (QED) is 0.175. The SMILES string of the molecule is [C-]#[N+]C1(c2ccc(N(CC3CN(C4CN(c5ccc6c(c5)C(=O)N(C5CCC(=O)NC5=O)C6=O)C4)C3)c3cc(-c4c(C)noc4C)ccc3C)cc2)CC1. The Morgan fingerprint density at radius 2 is 1.67 bits per heavy atom. The highest BCUT2D eigenvalue weighted by atomic mass is 16.5. The van der Waals surface area contributed by atoms with Crippen LogP contribution in [0.1, 0.15) is 69.0 Å². The Labute approximate surface area is 313 Å². The molecule has 54 heavy (non-hydrogen) atoms. The van der Waals surface area contributed by atoms with Gasteiger partial charge in [0.1, 0.15) is 11.8 Å². The van der Waals surface area contributed by atoms with Gasteiger partial charge in [-0.25, -0.2) is 6.57 Å². The minimum absolute atomic E-state index is 0.0910. The number of benzene rings is 3. The van der Waals surface area contributed by atoms with Gasteiger partial charge in [0.15, 0.2) is 0 Å². The van der Waals surface area contributed by atoms with Crippen LogP contribution in [-0.4, -0.2) is 83.4 Å². The number of fused-ring (bicyclic) bond motifs is 1. The first-order chi connectivity index (χ1) is 26.0. The maximum Gasteiger partial charge on any atom is 0.262 e. The molecule has 5 heterocycles. The van der Waals surface area contributed by atoms with E-state index in [4.69, 9.17) is 11.1 Å². The second-order valence-electron chi connectivity index (χ2n) is 15.6. The maximum absolute atomic E-state index is 13.4. The summed E-state index contributed by atoms with van der Waals surface area (Å²) in [6, 6.07) is 19.9. The Kier molecular flexibility index (Phi) is 7.97. The highest BCUT2D eigenvalue weighted by molar-refractivity contribution is 6.23. The summed E-state index contributed by atoms with van der Waals surface area (Å²) in [5.41, 5.74) is 8.60. The molecule has 1 N–H and O–H groups in total. The van der Waals surface area contributed by atoms with Gasteiger partial charge in [0, 0.05) is 92.1 Å². The van der Waals surface area contributed by atoms with Crippen molar-refractivity contribution in [1.29, 1.82) is 0 Å². The molecule has 3 saturated heterocycles. The van der Waals surface area contributed by atoms with E-state index in [1.165, 1.54) is 5.56 Å². The molecule has 1 unspecified atom stereocenters. The molecule has 4 amide bonds. The lowest BCUT2D eigenvalue weighted by molar-refractivity contribution is -0.136. The fourth-order valence-corrected chi connectivity index (χ4v) is 8.66. The summed E-state index contributed by atoms with van der Waals surface area (Å²) in [6.07, 6.45) is 2.06. The summed E-state index contributed by atoms with van der Waals surface area (Å²) in [5.74, 6) is -0.734. The van der Waals surface area contributed by atoms with E-state index in [1.54, 1.807) is 12.1 Å². The monoisotopic (exact) mass is 723 g/mol. The van der Waals surface area contributed by atoms with Gasteiger partial charge in [-0.05, 0) is 86.8 Å². The van der Waals surface area contributed by atoms with Crippen LogP contribution >= 0.6 is 0 Å². The van der Waals surface area contributed by atoms with E-state index < -0.39 is 29.7 Å². The Hall–Kier alpha value is -5.80. The van der Waals surface area contributed by atoms with Gasteiger partial charge in [-0.1, -0.05) is 17.3 Å². The molecule has 4 aliphatic heterocycles. The first-order valence-corrected chi connectivity index (χ1v) is 18.7. The number of rotatable bonds is 9. The zero-order valence-corrected chi connectivity index (χ0v) is 30.6. The van der Waals surface area contributed by atoms with E-state index in [0.29, 0.717) is 23.1 Å². The molecule has 4 fully saturated rings. The number of aryl methyl sites for hydroxylation is 3. The number of amides is 4. The number of nitrogens with zero attached hydrogens (tertiary/aromatic N) is 6. The van der Waals surface area contributed by atoms with E-state index in [-0.39, 0.29) is 18.4 Å². The van der Waals surface area contributed by atoms with Crippen LogP contribution in [0.4, 0.5) is 17.1 Å². The molecule has 4 aromatic rings. The van der Waals surface area contributed by atoms with Gasteiger partial charge in [0.25, 0.3) is 17.4 Å². The third-order valence-corrected chi connectivity index (χ3v) is 12.1. The lowest BCUT2D eigenvalue weighted by Crippen LogP contribution is -2.66. The maximum atomic E-state index is 13.4. The van der Waals surface area contributed by atoms with E-state index in [9.17, 15) is 19.2 Å². The molecular weight excluding hydrogens is 683 g/mol. The number of anilines is 3. The van der Waals surface area contributed by atoms with Crippen LogP contribution in [0.2, 0.25) is 0 Å². The molecule has 1 saturated carbocycles. The first kappa shape index (κ1) is 34.0. The van der Waals surface area contributed by atoms with Gasteiger partial charge >= 0.3 is 0 Å². The van der Waals surface area contributed by atoms with E-state index in [0.717, 1.165) is 95.7 Å². The molecule has 12 nitrogen and oxygen atoms in total. The lowest BCUT2D eigenvalue weighted by atomic mass is 9.92. The zero-order chi connectivity index (χ0) is 37.5. The molecule has 1 aliphatic carbocycles. The van der Waals surface area contributed by atoms with Crippen LogP contribution < -0.4 is 15.1 Å². The van der Waals surface area contributed by atoms with Gasteiger partial charge in [-0.15, -0.1) is 0 Å². The fraction of sp³-hybridized carbons (Fsp3) is 0.381. The van der Waals surface area contributed by atoms with Crippen molar-refractivity contribution in [3.63, 3.8) is 0 Å². The molecule has 0 radical (unpaired) electrons. The minimum atomic E-state index is -0.976. The molecule has 1 atom stereocenters. The van der Waals surface area contributed by atoms with Crippen LogP contribution in [0.5, 0.6) is 0 Å². The summed E-state index contributed by atoms with van der Waals surface area (Å²) in [7, 11) is 0. The van der Waals surface area contributed by atoms with Gasteiger partial charge in [-0.2, -0.15) is 0 Å². The predicted molar refractivity (Wildman–Crippen MR) is 201 cm³/mol. The number of piperidine rings is 1. The van der Waals surface area contributed by atoms with Gasteiger partial charge in [-0.3, -0.25) is 34.3 Å². The average molecular weight is 724 g/mol. The Morgan fingerprint density at radius 1 is 0.926 bits per heavy atom. The van der Waals surface area contributed by atoms with Crippen LogP contribution in [-0.2, 0) is 15.1 Å². The van der Waals surface area contributed by atoms with E-state index in [2.05, 4.69) is 79.4 Å². The number of carbonyl (C=O) groups excluding carboxylic acids is 4. The summed E-state index contributed by atoms with van der Waals surface area (Å²) >= 11 is 0. The molecule has 12 heteroatoms. The highest BCUT2D eigenvalue weighted by Crippen LogP contribution is 2.50.